The fraction of sp³-hybridized carbons (Fsp3) is 0.909. The van der Waals surface area contributed by atoms with Crippen molar-refractivity contribution < 1.29 is 4.79 Å². The van der Waals surface area contributed by atoms with Crippen molar-refractivity contribution in [2.45, 2.75) is 37.9 Å². The number of thiol groups is 1. The fourth-order valence-corrected chi connectivity index (χ4v) is 1.91. The van der Waals surface area contributed by atoms with Gasteiger partial charge in [-0.1, -0.05) is 0 Å². The molecule has 1 unspecified atom stereocenters. The van der Waals surface area contributed by atoms with Crippen LogP contribution in [0.25, 0.3) is 0 Å². The molecule has 0 spiro atoms. The van der Waals surface area contributed by atoms with E-state index in [2.05, 4.69) is 12.6 Å². The third-order valence-corrected chi connectivity index (χ3v) is 3.24. The Morgan fingerprint density at radius 3 is 2.00 bits per heavy atom. The van der Waals surface area contributed by atoms with Crippen molar-refractivity contribution in [3.8, 4) is 0 Å². The molecule has 0 heterocycles. The lowest BCUT2D eigenvalue weighted by Crippen LogP contribution is -2.38. The number of hydrogen-bond donors (Lipinski definition) is 1. The van der Waals surface area contributed by atoms with Crippen molar-refractivity contribution in [1.82, 2.24) is 4.90 Å². The zero-order valence-corrected chi connectivity index (χ0v) is 9.67. The van der Waals surface area contributed by atoms with Crippen LogP contribution in [0.2, 0.25) is 0 Å². The van der Waals surface area contributed by atoms with Crippen LogP contribution in [0.5, 0.6) is 0 Å². The molecule has 0 bridgehead atoms. The minimum absolute atomic E-state index is 0.132. The minimum Gasteiger partial charge on any atom is -0.341 e. The maximum Gasteiger partial charge on any atom is 0.235 e. The average Bonchev–Trinajstić information content (AvgIpc) is 2.94. The first kappa shape index (κ1) is 10.3. The van der Waals surface area contributed by atoms with Gasteiger partial charge in [-0.05, 0) is 44.4 Å². The summed E-state index contributed by atoms with van der Waals surface area (Å²) in [5, 5.41) is -0.132. The zero-order chi connectivity index (χ0) is 10.1. The molecule has 1 amide bonds. The van der Waals surface area contributed by atoms with Gasteiger partial charge in [0.05, 0.1) is 5.25 Å². The van der Waals surface area contributed by atoms with E-state index in [4.69, 9.17) is 0 Å². The number of hydrogen-bond acceptors (Lipinski definition) is 2. The monoisotopic (exact) mass is 213 g/mol. The van der Waals surface area contributed by atoms with Crippen LogP contribution in [0.3, 0.4) is 0 Å². The maximum atomic E-state index is 11.8. The Morgan fingerprint density at radius 2 is 1.71 bits per heavy atom. The van der Waals surface area contributed by atoms with E-state index in [1.54, 1.807) is 0 Å². The maximum absolute atomic E-state index is 11.8. The second-order valence-corrected chi connectivity index (χ2v) is 5.58. The number of amides is 1. The van der Waals surface area contributed by atoms with Gasteiger partial charge < -0.3 is 4.90 Å². The van der Waals surface area contributed by atoms with E-state index >= 15 is 0 Å². The van der Waals surface area contributed by atoms with E-state index < -0.39 is 0 Å². The number of carbonyl (C=O) groups excluding carboxylic acids is 1. The first-order chi connectivity index (χ1) is 6.66. The van der Waals surface area contributed by atoms with Gasteiger partial charge in [0.25, 0.3) is 0 Å². The Morgan fingerprint density at radius 1 is 1.29 bits per heavy atom. The molecule has 0 N–H and O–H groups in total. The molecular weight excluding hydrogens is 194 g/mol. The van der Waals surface area contributed by atoms with Gasteiger partial charge in [0.1, 0.15) is 0 Å². The highest BCUT2D eigenvalue weighted by atomic mass is 32.1. The van der Waals surface area contributed by atoms with Gasteiger partial charge >= 0.3 is 0 Å². The molecule has 0 aromatic carbocycles. The lowest BCUT2D eigenvalue weighted by Gasteiger charge is -2.24. The van der Waals surface area contributed by atoms with Crippen LogP contribution in [-0.4, -0.2) is 29.1 Å². The van der Waals surface area contributed by atoms with E-state index in [0.717, 1.165) is 24.9 Å². The van der Waals surface area contributed by atoms with Crippen molar-refractivity contribution in [3.05, 3.63) is 0 Å². The highest BCUT2D eigenvalue weighted by molar-refractivity contribution is 7.81. The molecule has 2 saturated carbocycles. The van der Waals surface area contributed by atoms with Crippen LogP contribution < -0.4 is 0 Å². The summed E-state index contributed by atoms with van der Waals surface area (Å²) in [7, 11) is 0. The fourth-order valence-electron chi connectivity index (χ4n) is 1.74. The number of carbonyl (C=O) groups is 1. The lowest BCUT2D eigenvalue weighted by molar-refractivity contribution is -0.130. The van der Waals surface area contributed by atoms with Crippen molar-refractivity contribution in [1.29, 1.82) is 0 Å². The number of nitrogens with zero attached hydrogens (tertiary/aromatic N) is 1. The molecule has 14 heavy (non-hydrogen) atoms. The highest BCUT2D eigenvalue weighted by Crippen LogP contribution is 2.34. The Hall–Kier alpha value is -0.180. The van der Waals surface area contributed by atoms with Crippen molar-refractivity contribution in [3.63, 3.8) is 0 Å². The lowest BCUT2D eigenvalue weighted by atomic mass is 10.3. The van der Waals surface area contributed by atoms with Crippen LogP contribution in [-0.2, 0) is 4.79 Å². The molecule has 2 nitrogen and oxygen atoms in total. The largest absolute Gasteiger partial charge is 0.341 e. The van der Waals surface area contributed by atoms with Gasteiger partial charge in [-0.3, -0.25) is 4.79 Å². The zero-order valence-electron chi connectivity index (χ0n) is 8.78. The first-order valence-electron chi connectivity index (χ1n) is 5.63. The first-order valence-corrected chi connectivity index (χ1v) is 6.15. The SMILES string of the molecule is CC(S)C(=O)N(CC1CC1)CC1CC1. The van der Waals surface area contributed by atoms with E-state index in [0.29, 0.717) is 0 Å². The van der Waals surface area contributed by atoms with E-state index in [-0.39, 0.29) is 11.2 Å². The third-order valence-electron chi connectivity index (χ3n) is 3.02. The van der Waals surface area contributed by atoms with Crippen LogP contribution in [0.4, 0.5) is 0 Å². The topological polar surface area (TPSA) is 20.3 Å². The predicted molar refractivity (Wildman–Crippen MR) is 60.5 cm³/mol. The molecule has 0 aromatic rings. The Kier molecular flexibility index (Phi) is 3.05. The summed E-state index contributed by atoms with van der Waals surface area (Å²) < 4.78 is 0. The summed E-state index contributed by atoms with van der Waals surface area (Å²) in [6.07, 6.45) is 5.26. The predicted octanol–water partition coefficient (Wildman–Crippen LogP) is 1.95. The van der Waals surface area contributed by atoms with Crippen molar-refractivity contribution in [2.24, 2.45) is 11.8 Å². The Bertz CT molecular complexity index is 207. The minimum atomic E-state index is -0.132. The van der Waals surface area contributed by atoms with E-state index in [9.17, 15) is 4.79 Å². The van der Waals surface area contributed by atoms with Gasteiger partial charge in [0.2, 0.25) is 5.91 Å². The molecule has 1 atom stereocenters. The summed E-state index contributed by atoms with van der Waals surface area (Å²) in [4.78, 5) is 13.9. The summed E-state index contributed by atoms with van der Waals surface area (Å²) in [6.45, 7) is 3.85. The summed E-state index contributed by atoms with van der Waals surface area (Å²) in [6, 6.07) is 0. The molecule has 0 radical (unpaired) electrons. The van der Waals surface area contributed by atoms with Crippen LogP contribution in [0, 0.1) is 11.8 Å². The standard InChI is InChI=1S/C11H19NOS/c1-8(14)11(13)12(6-9-2-3-9)7-10-4-5-10/h8-10,14H,2-7H2,1H3. The van der Waals surface area contributed by atoms with Gasteiger partial charge in [-0.15, -0.1) is 0 Å². The second-order valence-electron chi connectivity index (χ2n) is 4.81. The van der Waals surface area contributed by atoms with Gasteiger partial charge in [-0.25, -0.2) is 0 Å². The molecule has 2 aliphatic carbocycles. The summed E-state index contributed by atoms with van der Waals surface area (Å²) in [5.74, 6) is 1.82. The van der Waals surface area contributed by atoms with Gasteiger partial charge in [0.15, 0.2) is 0 Å². The normalized spacial score (nSPS) is 23.3. The molecule has 2 fully saturated rings. The molecule has 3 heteroatoms. The van der Waals surface area contributed by atoms with Crippen molar-refractivity contribution in [2.75, 3.05) is 13.1 Å². The number of rotatable bonds is 5. The third kappa shape index (κ3) is 2.91. The molecule has 80 valence electrons. The smallest absolute Gasteiger partial charge is 0.235 e. The Balaban J connectivity index is 1.85. The molecule has 2 aliphatic rings. The quantitative estimate of drug-likeness (QED) is 0.692. The van der Waals surface area contributed by atoms with Crippen LogP contribution in [0.15, 0.2) is 0 Å². The molecule has 0 aliphatic heterocycles. The van der Waals surface area contributed by atoms with Crippen LogP contribution >= 0.6 is 12.6 Å². The molecule has 0 saturated heterocycles. The average molecular weight is 213 g/mol. The van der Waals surface area contributed by atoms with E-state index in [1.165, 1.54) is 25.7 Å². The summed E-state index contributed by atoms with van der Waals surface area (Å²) >= 11 is 4.23. The van der Waals surface area contributed by atoms with Gasteiger partial charge in [0, 0.05) is 13.1 Å². The second kappa shape index (κ2) is 4.13. The molecular formula is C11H19NOS. The molecule has 2 rings (SSSR count). The van der Waals surface area contributed by atoms with Gasteiger partial charge in [-0.2, -0.15) is 12.6 Å². The Labute approximate surface area is 91.5 Å². The summed E-state index contributed by atoms with van der Waals surface area (Å²) in [5.41, 5.74) is 0. The van der Waals surface area contributed by atoms with E-state index in [1.807, 2.05) is 11.8 Å². The molecule has 0 aromatic heterocycles. The highest BCUT2D eigenvalue weighted by Gasteiger charge is 2.32. The van der Waals surface area contributed by atoms with Crippen molar-refractivity contribution >= 4 is 18.5 Å². The van der Waals surface area contributed by atoms with Crippen LogP contribution in [0.1, 0.15) is 32.6 Å².